The van der Waals surface area contributed by atoms with Crippen LogP contribution in [-0.2, 0) is 10.0 Å². The SMILES string of the molecule is C[C@H](NS(=O)(=O)c1ccc([N+](=O)[O-])cc1)c1ccccc1Br. The molecule has 0 aliphatic heterocycles. The Labute approximate surface area is 136 Å². The predicted molar refractivity (Wildman–Crippen MR) is 86.0 cm³/mol. The van der Waals surface area contributed by atoms with E-state index in [4.69, 9.17) is 0 Å². The molecule has 22 heavy (non-hydrogen) atoms. The van der Waals surface area contributed by atoms with Gasteiger partial charge in [0, 0.05) is 22.6 Å². The number of hydrogen-bond donors (Lipinski definition) is 1. The molecule has 0 amide bonds. The molecule has 2 rings (SSSR count). The van der Waals surface area contributed by atoms with E-state index in [9.17, 15) is 18.5 Å². The fourth-order valence-electron chi connectivity index (χ4n) is 1.94. The van der Waals surface area contributed by atoms with Gasteiger partial charge in [-0.05, 0) is 30.7 Å². The number of rotatable bonds is 5. The molecule has 0 fully saturated rings. The Bertz CT molecular complexity index is 791. The number of benzene rings is 2. The smallest absolute Gasteiger partial charge is 0.258 e. The van der Waals surface area contributed by atoms with Crippen LogP contribution in [0.5, 0.6) is 0 Å². The highest BCUT2D eigenvalue weighted by Crippen LogP contribution is 2.25. The van der Waals surface area contributed by atoms with E-state index in [1.54, 1.807) is 6.92 Å². The molecule has 0 saturated carbocycles. The normalized spacial score (nSPS) is 12.8. The molecule has 1 N–H and O–H groups in total. The predicted octanol–water partition coefficient (Wildman–Crippen LogP) is 3.40. The first-order chi connectivity index (χ1) is 10.3. The van der Waals surface area contributed by atoms with Crippen molar-refractivity contribution >= 4 is 31.6 Å². The Balaban J connectivity index is 2.24. The fourth-order valence-corrected chi connectivity index (χ4v) is 3.79. The number of nitrogens with zero attached hydrogens (tertiary/aromatic N) is 1. The topological polar surface area (TPSA) is 89.3 Å². The maximum Gasteiger partial charge on any atom is 0.269 e. The van der Waals surface area contributed by atoms with Crippen molar-refractivity contribution in [2.75, 3.05) is 0 Å². The molecule has 0 aliphatic carbocycles. The largest absolute Gasteiger partial charge is 0.269 e. The number of nitro groups is 1. The molecule has 6 nitrogen and oxygen atoms in total. The van der Waals surface area contributed by atoms with Gasteiger partial charge in [-0.3, -0.25) is 10.1 Å². The Morgan fingerprint density at radius 1 is 1.14 bits per heavy atom. The second kappa shape index (κ2) is 6.55. The lowest BCUT2D eigenvalue weighted by atomic mass is 10.1. The molecule has 0 aromatic heterocycles. The van der Waals surface area contributed by atoms with Crippen molar-refractivity contribution in [1.82, 2.24) is 4.72 Å². The lowest BCUT2D eigenvalue weighted by molar-refractivity contribution is -0.384. The second-order valence-electron chi connectivity index (χ2n) is 4.62. The highest BCUT2D eigenvalue weighted by Gasteiger charge is 2.20. The third kappa shape index (κ3) is 3.70. The van der Waals surface area contributed by atoms with E-state index >= 15 is 0 Å². The van der Waals surface area contributed by atoms with E-state index in [1.807, 2.05) is 24.3 Å². The zero-order valence-corrected chi connectivity index (χ0v) is 14.0. The average Bonchev–Trinajstić information content (AvgIpc) is 2.47. The minimum atomic E-state index is -3.76. The van der Waals surface area contributed by atoms with E-state index in [1.165, 1.54) is 12.1 Å². The highest BCUT2D eigenvalue weighted by atomic mass is 79.9. The molecule has 116 valence electrons. The number of nitrogens with one attached hydrogen (secondary N) is 1. The molecule has 0 bridgehead atoms. The van der Waals surface area contributed by atoms with Gasteiger partial charge >= 0.3 is 0 Å². The Morgan fingerprint density at radius 2 is 1.73 bits per heavy atom. The Morgan fingerprint density at radius 3 is 2.27 bits per heavy atom. The summed E-state index contributed by atoms with van der Waals surface area (Å²) in [5.41, 5.74) is 0.644. The number of sulfonamides is 1. The first kappa shape index (κ1) is 16.6. The molecule has 0 spiro atoms. The summed E-state index contributed by atoms with van der Waals surface area (Å²) in [7, 11) is -3.76. The lowest BCUT2D eigenvalue weighted by Crippen LogP contribution is -2.27. The second-order valence-corrected chi connectivity index (χ2v) is 7.18. The van der Waals surface area contributed by atoms with Crippen LogP contribution in [0.25, 0.3) is 0 Å². The maximum atomic E-state index is 12.3. The monoisotopic (exact) mass is 384 g/mol. The lowest BCUT2D eigenvalue weighted by Gasteiger charge is -2.16. The van der Waals surface area contributed by atoms with Crippen LogP contribution < -0.4 is 4.72 Å². The molecule has 0 aliphatic rings. The summed E-state index contributed by atoms with van der Waals surface area (Å²) in [6.07, 6.45) is 0. The zero-order chi connectivity index (χ0) is 16.3. The highest BCUT2D eigenvalue weighted by molar-refractivity contribution is 9.10. The van der Waals surface area contributed by atoms with Gasteiger partial charge in [-0.2, -0.15) is 0 Å². The quantitative estimate of drug-likeness (QED) is 0.631. The summed E-state index contributed by atoms with van der Waals surface area (Å²) in [6, 6.07) is 11.6. The van der Waals surface area contributed by atoms with Crippen LogP contribution in [-0.4, -0.2) is 13.3 Å². The van der Waals surface area contributed by atoms with Crippen LogP contribution in [0.1, 0.15) is 18.5 Å². The third-order valence-electron chi connectivity index (χ3n) is 3.06. The molecular weight excluding hydrogens is 372 g/mol. The van der Waals surface area contributed by atoms with Crippen molar-refractivity contribution in [1.29, 1.82) is 0 Å². The van der Waals surface area contributed by atoms with Gasteiger partial charge in [-0.1, -0.05) is 34.1 Å². The molecular formula is C14H13BrN2O4S. The van der Waals surface area contributed by atoms with Gasteiger partial charge in [-0.25, -0.2) is 13.1 Å². The molecule has 0 heterocycles. The standard InChI is InChI=1S/C14H13BrN2O4S/c1-10(13-4-2-3-5-14(13)15)16-22(20,21)12-8-6-11(7-9-12)17(18)19/h2-10,16H,1H3/t10-/m0/s1. The van der Waals surface area contributed by atoms with Crippen molar-refractivity contribution in [3.05, 3.63) is 68.7 Å². The van der Waals surface area contributed by atoms with Crippen LogP contribution in [0.4, 0.5) is 5.69 Å². The summed E-state index contributed by atoms with van der Waals surface area (Å²) in [6.45, 7) is 1.73. The first-order valence-electron chi connectivity index (χ1n) is 6.32. The third-order valence-corrected chi connectivity index (χ3v) is 5.34. The van der Waals surface area contributed by atoms with E-state index < -0.39 is 21.0 Å². The molecule has 1 atom stereocenters. The molecule has 2 aromatic carbocycles. The van der Waals surface area contributed by atoms with Gasteiger partial charge in [0.05, 0.1) is 9.82 Å². The number of nitro benzene ring substituents is 1. The maximum absolute atomic E-state index is 12.3. The summed E-state index contributed by atoms with van der Waals surface area (Å²) in [5.74, 6) is 0. The van der Waals surface area contributed by atoms with Crippen molar-refractivity contribution < 1.29 is 13.3 Å². The van der Waals surface area contributed by atoms with Crippen LogP contribution in [0, 0.1) is 10.1 Å². The van der Waals surface area contributed by atoms with Gasteiger partial charge in [0.15, 0.2) is 0 Å². The van der Waals surface area contributed by atoms with Crippen LogP contribution in [0.15, 0.2) is 57.9 Å². The molecule has 0 saturated heterocycles. The minimum absolute atomic E-state index is 0.0167. The average molecular weight is 385 g/mol. The first-order valence-corrected chi connectivity index (χ1v) is 8.60. The van der Waals surface area contributed by atoms with E-state index in [-0.39, 0.29) is 10.6 Å². The van der Waals surface area contributed by atoms with Crippen molar-refractivity contribution in [3.8, 4) is 0 Å². The van der Waals surface area contributed by atoms with E-state index in [0.29, 0.717) is 0 Å². The van der Waals surface area contributed by atoms with E-state index in [0.717, 1.165) is 22.2 Å². The summed E-state index contributed by atoms with van der Waals surface area (Å²) in [5, 5.41) is 10.6. The summed E-state index contributed by atoms with van der Waals surface area (Å²) in [4.78, 5) is 10.0. The molecule has 8 heteroatoms. The Hall–Kier alpha value is -1.77. The fraction of sp³-hybridized carbons (Fsp3) is 0.143. The van der Waals surface area contributed by atoms with Crippen LogP contribution >= 0.6 is 15.9 Å². The summed E-state index contributed by atoms with van der Waals surface area (Å²) < 4.78 is 28.0. The summed E-state index contributed by atoms with van der Waals surface area (Å²) >= 11 is 3.38. The minimum Gasteiger partial charge on any atom is -0.258 e. The zero-order valence-electron chi connectivity index (χ0n) is 11.6. The van der Waals surface area contributed by atoms with Crippen LogP contribution in [0.2, 0.25) is 0 Å². The Kier molecular flexibility index (Phi) is 4.94. The van der Waals surface area contributed by atoms with Crippen LogP contribution in [0.3, 0.4) is 0 Å². The molecule has 0 unspecified atom stereocenters. The van der Waals surface area contributed by atoms with Gasteiger partial charge in [-0.15, -0.1) is 0 Å². The molecule has 0 radical (unpaired) electrons. The van der Waals surface area contributed by atoms with Gasteiger partial charge in [0.2, 0.25) is 10.0 Å². The van der Waals surface area contributed by atoms with E-state index in [2.05, 4.69) is 20.7 Å². The van der Waals surface area contributed by atoms with Crippen molar-refractivity contribution in [3.63, 3.8) is 0 Å². The van der Waals surface area contributed by atoms with Gasteiger partial charge < -0.3 is 0 Å². The van der Waals surface area contributed by atoms with Gasteiger partial charge in [0.25, 0.3) is 5.69 Å². The van der Waals surface area contributed by atoms with Crippen molar-refractivity contribution in [2.24, 2.45) is 0 Å². The van der Waals surface area contributed by atoms with Crippen molar-refractivity contribution in [2.45, 2.75) is 17.9 Å². The number of non-ortho nitro benzene ring substituents is 1. The number of halogens is 1. The number of hydrogen-bond acceptors (Lipinski definition) is 4. The van der Waals surface area contributed by atoms with Gasteiger partial charge in [0.1, 0.15) is 0 Å². The molecule has 2 aromatic rings.